The van der Waals surface area contributed by atoms with Gasteiger partial charge in [-0.3, -0.25) is 0 Å². The number of H-pyrrole nitrogens is 1. The van der Waals surface area contributed by atoms with Gasteiger partial charge in [0, 0.05) is 21.8 Å². The van der Waals surface area contributed by atoms with Gasteiger partial charge in [0.15, 0.2) is 0 Å². The molecule has 2 aromatic carbocycles. The van der Waals surface area contributed by atoms with Crippen LogP contribution in [0.4, 0.5) is 0 Å². The van der Waals surface area contributed by atoms with Crippen molar-refractivity contribution in [1.29, 1.82) is 0 Å². The largest absolute Gasteiger partial charge is 0.354 e. The summed E-state index contributed by atoms with van der Waals surface area (Å²) in [4.78, 5) is 3.46. The Bertz CT molecular complexity index is 760. The van der Waals surface area contributed by atoms with E-state index in [9.17, 15) is 0 Å². The summed E-state index contributed by atoms with van der Waals surface area (Å²) in [6.45, 7) is 13.9. The van der Waals surface area contributed by atoms with Crippen LogP contribution in [0.25, 0.3) is 27.9 Å². The zero-order chi connectivity index (χ0) is 16.5. The Morgan fingerprint density at radius 3 is 2.27 bits per heavy atom. The van der Waals surface area contributed by atoms with Gasteiger partial charge < -0.3 is 4.98 Å². The van der Waals surface area contributed by atoms with Gasteiger partial charge >= 0.3 is 0 Å². The fourth-order valence-electron chi connectivity index (χ4n) is 2.45. The average molecular weight is 293 g/mol. The minimum Gasteiger partial charge on any atom is -0.354 e. The standard InChI is InChI=1S/C17H15N.2C2H6/c1-3-4-7-13-12(2)10-11-16-17(13)14-8-5-6-9-15(14)18-16;2*1-2/h3-11,18H,1H2,2H3;2*1-2H3/b7-4-;;. The van der Waals surface area contributed by atoms with E-state index in [0.29, 0.717) is 0 Å². The van der Waals surface area contributed by atoms with Crippen LogP contribution in [0, 0.1) is 6.92 Å². The van der Waals surface area contributed by atoms with Gasteiger partial charge in [-0.1, -0.05) is 76.8 Å². The average Bonchev–Trinajstić information content (AvgIpc) is 2.96. The third-order valence-corrected chi connectivity index (χ3v) is 3.33. The van der Waals surface area contributed by atoms with Gasteiger partial charge in [-0.05, 0) is 30.2 Å². The predicted octanol–water partition coefficient (Wildman–Crippen LogP) is 6.88. The van der Waals surface area contributed by atoms with Gasteiger partial charge in [-0.15, -0.1) is 0 Å². The fourth-order valence-corrected chi connectivity index (χ4v) is 2.45. The number of aromatic nitrogens is 1. The molecule has 1 heterocycles. The predicted molar refractivity (Wildman–Crippen MR) is 102 cm³/mol. The molecule has 0 atom stereocenters. The van der Waals surface area contributed by atoms with E-state index < -0.39 is 0 Å². The van der Waals surface area contributed by atoms with Crippen LogP contribution in [0.5, 0.6) is 0 Å². The van der Waals surface area contributed by atoms with E-state index >= 15 is 0 Å². The first-order chi connectivity index (χ1) is 10.8. The Balaban J connectivity index is 0.000000561. The molecule has 0 saturated carbocycles. The summed E-state index contributed by atoms with van der Waals surface area (Å²) < 4.78 is 0. The summed E-state index contributed by atoms with van der Waals surface area (Å²) in [6, 6.07) is 12.7. The van der Waals surface area contributed by atoms with E-state index in [1.165, 1.54) is 32.9 Å². The first kappa shape index (κ1) is 17.8. The van der Waals surface area contributed by atoms with Crippen molar-refractivity contribution in [2.24, 2.45) is 0 Å². The third kappa shape index (κ3) is 3.48. The molecule has 1 heteroatoms. The molecule has 3 aromatic rings. The van der Waals surface area contributed by atoms with Crippen molar-refractivity contribution in [3.63, 3.8) is 0 Å². The zero-order valence-corrected chi connectivity index (χ0v) is 14.4. The highest BCUT2D eigenvalue weighted by molar-refractivity contribution is 6.11. The highest BCUT2D eigenvalue weighted by Gasteiger charge is 2.08. The van der Waals surface area contributed by atoms with E-state index in [2.05, 4.69) is 61.0 Å². The first-order valence-electron chi connectivity index (χ1n) is 8.10. The number of hydrogen-bond donors (Lipinski definition) is 1. The van der Waals surface area contributed by atoms with Crippen LogP contribution in [0.3, 0.4) is 0 Å². The van der Waals surface area contributed by atoms with Crippen LogP contribution in [-0.2, 0) is 0 Å². The summed E-state index contributed by atoms with van der Waals surface area (Å²) in [5, 5.41) is 2.57. The molecule has 0 aliphatic heterocycles. The Morgan fingerprint density at radius 1 is 0.909 bits per heavy atom. The van der Waals surface area contributed by atoms with Crippen molar-refractivity contribution in [2.75, 3.05) is 0 Å². The van der Waals surface area contributed by atoms with E-state index in [1.54, 1.807) is 0 Å². The summed E-state index contributed by atoms with van der Waals surface area (Å²) in [5.74, 6) is 0. The quantitative estimate of drug-likeness (QED) is 0.495. The van der Waals surface area contributed by atoms with Gasteiger partial charge in [-0.2, -0.15) is 0 Å². The van der Waals surface area contributed by atoms with Crippen LogP contribution >= 0.6 is 0 Å². The lowest BCUT2D eigenvalue weighted by Gasteiger charge is -2.03. The molecule has 1 N–H and O–H groups in total. The fraction of sp³-hybridized carbons (Fsp3) is 0.238. The van der Waals surface area contributed by atoms with Crippen molar-refractivity contribution < 1.29 is 0 Å². The molecule has 3 rings (SSSR count). The lowest BCUT2D eigenvalue weighted by molar-refractivity contribution is 1.46. The van der Waals surface area contributed by atoms with Crippen molar-refractivity contribution in [3.8, 4) is 0 Å². The monoisotopic (exact) mass is 293 g/mol. The molecule has 0 aliphatic carbocycles. The lowest BCUT2D eigenvalue weighted by atomic mass is 10.0. The van der Waals surface area contributed by atoms with Crippen molar-refractivity contribution in [1.82, 2.24) is 4.98 Å². The summed E-state index contributed by atoms with van der Waals surface area (Å²) in [7, 11) is 0. The Labute approximate surface area is 134 Å². The van der Waals surface area contributed by atoms with Gasteiger partial charge in [0.2, 0.25) is 0 Å². The van der Waals surface area contributed by atoms with Crippen LogP contribution in [0.1, 0.15) is 38.8 Å². The number of aryl methyl sites for hydroxylation is 1. The lowest BCUT2D eigenvalue weighted by Crippen LogP contribution is -1.82. The second-order valence-corrected chi connectivity index (χ2v) is 4.48. The number of allylic oxidation sites excluding steroid dienone is 2. The normalized spacial score (nSPS) is 10.0. The molecular formula is C21H27N. The Morgan fingerprint density at radius 2 is 1.59 bits per heavy atom. The Kier molecular flexibility index (Phi) is 7.18. The molecule has 0 saturated heterocycles. The second kappa shape index (κ2) is 8.89. The number of benzene rings is 2. The zero-order valence-electron chi connectivity index (χ0n) is 14.4. The van der Waals surface area contributed by atoms with Crippen LogP contribution < -0.4 is 0 Å². The summed E-state index contributed by atoms with van der Waals surface area (Å²) in [5.41, 5.74) is 4.92. The maximum atomic E-state index is 3.74. The van der Waals surface area contributed by atoms with Gasteiger partial charge in [0.25, 0.3) is 0 Å². The molecule has 0 fully saturated rings. The Hall–Kier alpha value is -2.28. The number of aromatic amines is 1. The topological polar surface area (TPSA) is 15.8 Å². The van der Waals surface area contributed by atoms with Crippen molar-refractivity contribution in [2.45, 2.75) is 34.6 Å². The number of fused-ring (bicyclic) bond motifs is 3. The summed E-state index contributed by atoms with van der Waals surface area (Å²) in [6.07, 6.45) is 5.93. The minimum absolute atomic E-state index is 1.19. The molecule has 0 aliphatic rings. The molecule has 0 unspecified atom stereocenters. The highest BCUT2D eigenvalue weighted by Crippen LogP contribution is 2.30. The number of rotatable bonds is 2. The van der Waals surface area contributed by atoms with E-state index in [0.717, 1.165) is 0 Å². The molecule has 0 amide bonds. The summed E-state index contributed by atoms with van der Waals surface area (Å²) >= 11 is 0. The maximum Gasteiger partial charge on any atom is 0.0471 e. The van der Waals surface area contributed by atoms with Crippen LogP contribution in [-0.4, -0.2) is 4.98 Å². The van der Waals surface area contributed by atoms with Gasteiger partial charge in [0.05, 0.1) is 0 Å². The second-order valence-electron chi connectivity index (χ2n) is 4.48. The molecule has 1 nitrogen and oxygen atoms in total. The van der Waals surface area contributed by atoms with E-state index in [4.69, 9.17) is 0 Å². The molecular weight excluding hydrogens is 266 g/mol. The minimum atomic E-state index is 1.19. The van der Waals surface area contributed by atoms with E-state index in [-0.39, 0.29) is 0 Å². The number of nitrogens with one attached hydrogen (secondary N) is 1. The van der Waals surface area contributed by atoms with Crippen molar-refractivity contribution >= 4 is 27.9 Å². The molecule has 0 bridgehead atoms. The van der Waals surface area contributed by atoms with Crippen LogP contribution in [0.15, 0.2) is 55.1 Å². The molecule has 116 valence electrons. The molecule has 0 radical (unpaired) electrons. The van der Waals surface area contributed by atoms with Crippen LogP contribution in [0.2, 0.25) is 0 Å². The highest BCUT2D eigenvalue weighted by atomic mass is 14.7. The van der Waals surface area contributed by atoms with Gasteiger partial charge in [0.1, 0.15) is 0 Å². The van der Waals surface area contributed by atoms with E-state index in [1.807, 2.05) is 39.8 Å². The third-order valence-electron chi connectivity index (χ3n) is 3.33. The SMILES string of the molecule is C=C/C=C\c1c(C)ccc2[nH]c3ccccc3c12.CC.CC. The van der Waals surface area contributed by atoms with Gasteiger partial charge in [-0.25, -0.2) is 0 Å². The first-order valence-corrected chi connectivity index (χ1v) is 8.10. The molecule has 1 aromatic heterocycles. The maximum absolute atomic E-state index is 3.74. The molecule has 0 spiro atoms. The molecule has 22 heavy (non-hydrogen) atoms. The number of para-hydroxylation sites is 1. The smallest absolute Gasteiger partial charge is 0.0471 e. The van der Waals surface area contributed by atoms with Crippen molar-refractivity contribution in [3.05, 3.63) is 66.3 Å². The number of hydrogen-bond acceptors (Lipinski definition) is 0.